The molecular formula is C22H19F2N3O. The van der Waals surface area contributed by atoms with E-state index in [1.807, 2.05) is 35.0 Å². The van der Waals surface area contributed by atoms with E-state index >= 15 is 0 Å². The molecular weight excluding hydrogens is 360 g/mol. The Morgan fingerprint density at radius 3 is 2.79 bits per heavy atom. The highest BCUT2D eigenvalue weighted by molar-refractivity contribution is 5.96. The molecule has 2 aromatic carbocycles. The van der Waals surface area contributed by atoms with Crippen molar-refractivity contribution >= 4 is 22.9 Å². The van der Waals surface area contributed by atoms with Crippen LogP contribution in [0.2, 0.25) is 0 Å². The lowest BCUT2D eigenvalue weighted by Gasteiger charge is -2.13. The normalized spacial score (nSPS) is 12.2. The Morgan fingerprint density at radius 1 is 1.25 bits per heavy atom. The number of para-hydroxylation sites is 1. The first-order valence-electron chi connectivity index (χ1n) is 8.88. The number of benzene rings is 2. The van der Waals surface area contributed by atoms with Crippen molar-refractivity contribution in [3.8, 4) is 6.07 Å². The van der Waals surface area contributed by atoms with E-state index in [2.05, 4.69) is 11.4 Å². The molecule has 1 heterocycles. The second-order valence-corrected chi connectivity index (χ2v) is 6.44. The van der Waals surface area contributed by atoms with Crippen molar-refractivity contribution in [2.45, 2.75) is 25.9 Å². The molecule has 0 radical (unpaired) electrons. The summed E-state index contributed by atoms with van der Waals surface area (Å²) in [6, 6.07) is 13.0. The van der Waals surface area contributed by atoms with Gasteiger partial charge in [0.05, 0.1) is 18.5 Å². The van der Waals surface area contributed by atoms with Crippen LogP contribution in [0.15, 0.2) is 54.7 Å². The number of fused-ring (bicyclic) bond motifs is 1. The third kappa shape index (κ3) is 4.26. The molecule has 1 atom stereocenters. The summed E-state index contributed by atoms with van der Waals surface area (Å²) in [4.78, 5) is 12.3. The number of carbonyl (C=O) groups is 1. The molecule has 1 aromatic heterocycles. The Balaban J connectivity index is 1.75. The van der Waals surface area contributed by atoms with Crippen LogP contribution in [0.4, 0.5) is 8.78 Å². The van der Waals surface area contributed by atoms with Gasteiger partial charge in [0.2, 0.25) is 5.91 Å². The minimum atomic E-state index is -0.945. The number of hydrogen-bond acceptors (Lipinski definition) is 2. The molecule has 1 N–H and O–H groups in total. The zero-order chi connectivity index (χ0) is 20.1. The number of nitriles is 1. The molecule has 0 saturated carbocycles. The highest BCUT2D eigenvalue weighted by Gasteiger charge is 2.11. The molecule has 0 bridgehead atoms. The summed E-state index contributed by atoms with van der Waals surface area (Å²) in [6.07, 6.45) is 5.42. The van der Waals surface area contributed by atoms with Crippen LogP contribution in [0.5, 0.6) is 0 Å². The average molecular weight is 379 g/mol. The summed E-state index contributed by atoms with van der Waals surface area (Å²) in [5, 5.41) is 12.5. The van der Waals surface area contributed by atoms with E-state index in [0.717, 1.165) is 28.6 Å². The van der Waals surface area contributed by atoms with Gasteiger partial charge in [-0.05, 0) is 36.8 Å². The maximum atomic E-state index is 13.4. The first kappa shape index (κ1) is 19.3. The fourth-order valence-electron chi connectivity index (χ4n) is 3.06. The van der Waals surface area contributed by atoms with Crippen LogP contribution in [0, 0.1) is 23.0 Å². The lowest BCUT2D eigenvalue weighted by molar-refractivity contribution is -0.117. The van der Waals surface area contributed by atoms with Crippen molar-refractivity contribution in [3.05, 3.63) is 77.5 Å². The minimum Gasteiger partial charge on any atom is -0.346 e. The quantitative estimate of drug-likeness (QED) is 0.630. The molecule has 3 rings (SSSR count). The number of aryl methyl sites for hydroxylation is 1. The number of nitrogens with zero attached hydrogens (tertiary/aromatic N) is 2. The summed E-state index contributed by atoms with van der Waals surface area (Å²) in [7, 11) is 0. The van der Waals surface area contributed by atoms with E-state index in [9.17, 15) is 13.6 Å². The summed E-state index contributed by atoms with van der Waals surface area (Å²) in [5.74, 6) is -2.21. The van der Waals surface area contributed by atoms with Gasteiger partial charge in [-0.1, -0.05) is 24.3 Å². The molecule has 4 nitrogen and oxygen atoms in total. The molecule has 0 aliphatic rings. The second-order valence-electron chi connectivity index (χ2n) is 6.44. The van der Waals surface area contributed by atoms with E-state index in [0.29, 0.717) is 18.5 Å². The number of rotatable bonds is 6. The zero-order valence-electron chi connectivity index (χ0n) is 15.3. The van der Waals surface area contributed by atoms with Crippen molar-refractivity contribution in [2.24, 2.45) is 0 Å². The zero-order valence-corrected chi connectivity index (χ0v) is 15.3. The highest BCUT2D eigenvalue weighted by atomic mass is 19.2. The second kappa shape index (κ2) is 8.49. The van der Waals surface area contributed by atoms with E-state index in [4.69, 9.17) is 5.26 Å². The molecule has 28 heavy (non-hydrogen) atoms. The van der Waals surface area contributed by atoms with Crippen molar-refractivity contribution in [1.29, 1.82) is 5.26 Å². The molecule has 0 spiro atoms. The predicted molar refractivity (Wildman–Crippen MR) is 104 cm³/mol. The highest BCUT2D eigenvalue weighted by Crippen LogP contribution is 2.23. The van der Waals surface area contributed by atoms with Gasteiger partial charge in [-0.2, -0.15) is 5.26 Å². The van der Waals surface area contributed by atoms with Crippen molar-refractivity contribution in [3.63, 3.8) is 0 Å². The topological polar surface area (TPSA) is 57.8 Å². The van der Waals surface area contributed by atoms with Crippen molar-refractivity contribution in [1.82, 2.24) is 9.88 Å². The van der Waals surface area contributed by atoms with Gasteiger partial charge < -0.3 is 9.88 Å². The van der Waals surface area contributed by atoms with Gasteiger partial charge >= 0.3 is 0 Å². The first-order chi connectivity index (χ1) is 13.5. The fourth-order valence-corrected chi connectivity index (χ4v) is 3.06. The Kier molecular flexibility index (Phi) is 5.85. The maximum absolute atomic E-state index is 13.4. The van der Waals surface area contributed by atoms with Crippen LogP contribution in [0.3, 0.4) is 0 Å². The van der Waals surface area contributed by atoms with Crippen LogP contribution in [0.1, 0.15) is 30.5 Å². The summed E-state index contributed by atoms with van der Waals surface area (Å²) >= 11 is 0. The molecule has 1 unspecified atom stereocenters. The van der Waals surface area contributed by atoms with Crippen molar-refractivity contribution in [2.75, 3.05) is 0 Å². The molecule has 0 aliphatic heterocycles. The van der Waals surface area contributed by atoms with E-state index in [1.54, 1.807) is 13.0 Å². The summed E-state index contributed by atoms with van der Waals surface area (Å²) in [6.45, 7) is 2.27. The molecule has 0 saturated heterocycles. The third-order valence-corrected chi connectivity index (χ3v) is 4.50. The number of halogens is 2. The molecule has 142 valence electrons. The van der Waals surface area contributed by atoms with Gasteiger partial charge in [0.25, 0.3) is 0 Å². The van der Waals surface area contributed by atoms with E-state index in [-0.39, 0.29) is 5.91 Å². The fraction of sp³-hybridized carbons (Fsp3) is 0.182. The van der Waals surface area contributed by atoms with Gasteiger partial charge in [-0.15, -0.1) is 0 Å². The number of aromatic nitrogens is 1. The van der Waals surface area contributed by atoms with Gasteiger partial charge in [-0.25, -0.2) is 8.78 Å². The van der Waals surface area contributed by atoms with Gasteiger partial charge in [0, 0.05) is 35.3 Å². The van der Waals surface area contributed by atoms with Crippen LogP contribution in [-0.2, 0) is 11.3 Å². The van der Waals surface area contributed by atoms with Crippen molar-refractivity contribution < 1.29 is 13.6 Å². The minimum absolute atomic E-state index is 0.342. The van der Waals surface area contributed by atoms with Gasteiger partial charge in [0.15, 0.2) is 11.6 Å². The molecule has 0 aliphatic carbocycles. The summed E-state index contributed by atoms with van der Waals surface area (Å²) < 4.78 is 28.4. The first-order valence-corrected chi connectivity index (χ1v) is 8.88. The number of carbonyl (C=O) groups excluding carboxylic acids is 1. The summed E-state index contributed by atoms with van der Waals surface area (Å²) in [5.41, 5.74) is 2.34. The van der Waals surface area contributed by atoms with E-state index in [1.165, 1.54) is 12.1 Å². The van der Waals surface area contributed by atoms with Crippen LogP contribution in [0.25, 0.3) is 17.0 Å². The molecule has 3 aromatic rings. The van der Waals surface area contributed by atoms with Gasteiger partial charge in [0.1, 0.15) is 0 Å². The largest absolute Gasteiger partial charge is 0.346 e. The number of hydrogen-bond donors (Lipinski definition) is 1. The Bertz CT molecular complexity index is 1080. The molecule has 1 amide bonds. The van der Waals surface area contributed by atoms with E-state index < -0.39 is 17.7 Å². The number of nitrogens with one attached hydrogen (secondary N) is 1. The Hall–Kier alpha value is -3.46. The molecule has 0 fully saturated rings. The predicted octanol–water partition coefficient (Wildman–Crippen LogP) is 4.72. The third-order valence-electron chi connectivity index (χ3n) is 4.50. The van der Waals surface area contributed by atoms with Gasteiger partial charge in [-0.3, -0.25) is 4.79 Å². The monoisotopic (exact) mass is 379 g/mol. The van der Waals surface area contributed by atoms with Crippen LogP contribution < -0.4 is 5.32 Å². The van der Waals surface area contributed by atoms with Crippen LogP contribution in [-0.4, -0.2) is 10.5 Å². The lowest BCUT2D eigenvalue weighted by atomic mass is 10.1. The lowest BCUT2D eigenvalue weighted by Crippen LogP contribution is -2.24. The van der Waals surface area contributed by atoms with Crippen LogP contribution >= 0.6 is 0 Å². The Labute approximate surface area is 161 Å². The average Bonchev–Trinajstić information content (AvgIpc) is 3.04. The Morgan fingerprint density at radius 2 is 2.04 bits per heavy atom. The standard InChI is InChI=1S/C22H19F2N3O/c1-15(16-7-9-19(23)20(24)13-16)26-22(28)10-8-17-14-27(12-4-11-25)21-6-3-2-5-18(17)21/h2-3,5-10,13-15H,4,12H2,1H3,(H,26,28)/b10-8+. The molecule has 6 heteroatoms. The smallest absolute Gasteiger partial charge is 0.244 e. The SMILES string of the molecule is CC(NC(=O)/C=C/c1cn(CCC#N)c2ccccc12)c1ccc(F)c(F)c1. The number of amides is 1. The maximum Gasteiger partial charge on any atom is 0.244 e.